The Morgan fingerprint density at radius 3 is 1.45 bits per heavy atom. The molecule has 6 heteroatoms. The van der Waals surface area contributed by atoms with Gasteiger partial charge in [-0.3, -0.25) is 14.4 Å². The first-order valence-electron chi connectivity index (χ1n) is 19.8. The van der Waals surface area contributed by atoms with E-state index in [0.717, 1.165) is 83.5 Å². The lowest BCUT2D eigenvalue weighted by Crippen LogP contribution is -2.30. The Morgan fingerprint density at radius 2 is 0.863 bits per heavy atom. The van der Waals surface area contributed by atoms with Crippen molar-refractivity contribution in [2.75, 3.05) is 13.2 Å². The Balaban J connectivity index is 4.48. The van der Waals surface area contributed by atoms with E-state index < -0.39 is 12.1 Å². The molecule has 0 aromatic rings. The summed E-state index contributed by atoms with van der Waals surface area (Å²) in [5, 5.41) is 0. The summed E-state index contributed by atoms with van der Waals surface area (Å²) in [7, 11) is 0. The summed E-state index contributed by atoms with van der Waals surface area (Å²) in [5.74, 6) is -1.12. The maximum absolute atomic E-state index is 12.5. The number of ether oxygens (including phenoxy) is 3. The maximum atomic E-state index is 12.5. The lowest BCUT2D eigenvalue weighted by Gasteiger charge is -2.18. The van der Waals surface area contributed by atoms with Crippen LogP contribution in [0.5, 0.6) is 0 Å². The van der Waals surface area contributed by atoms with Crippen molar-refractivity contribution in [3.05, 3.63) is 97.2 Å². The Labute approximate surface area is 311 Å². The summed E-state index contributed by atoms with van der Waals surface area (Å²) in [4.78, 5) is 37.4. The van der Waals surface area contributed by atoms with Crippen LogP contribution in [-0.4, -0.2) is 37.2 Å². The minimum atomic E-state index is -0.841. The second kappa shape index (κ2) is 39.1. The molecule has 0 saturated heterocycles. The highest BCUT2D eigenvalue weighted by atomic mass is 16.6. The van der Waals surface area contributed by atoms with E-state index in [4.69, 9.17) is 14.2 Å². The number of carbonyl (C=O) groups is 3. The van der Waals surface area contributed by atoms with E-state index in [2.05, 4.69) is 106 Å². The zero-order valence-electron chi connectivity index (χ0n) is 32.3. The Hall–Kier alpha value is -3.67. The van der Waals surface area contributed by atoms with Crippen LogP contribution < -0.4 is 0 Å². The zero-order valence-corrected chi connectivity index (χ0v) is 32.3. The molecule has 0 fully saturated rings. The first-order valence-corrected chi connectivity index (χ1v) is 19.8. The van der Waals surface area contributed by atoms with Gasteiger partial charge in [0.05, 0.1) is 6.42 Å². The molecule has 6 nitrogen and oxygen atoms in total. The summed E-state index contributed by atoms with van der Waals surface area (Å²) in [5.41, 5.74) is 0. The van der Waals surface area contributed by atoms with Gasteiger partial charge in [0.25, 0.3) is 0 Å². The topological polar surface area (TPSA) is 78.9 Å². The number of hydrogen-bond donors (Lipinski definition) is 0. The van der Waals surface area contributed by atoms with Crippen LogP contribution in [0.3, 0.4) is 0 Å². The molecule has 0 saturated carbocycles. The van der Waals surface area contributed by atoms with Crippen LogP contribution in [0.2, 0.25) is 0 Å². The van der Waals surface area contributed by atoms with Gasteiger partial charge in [-0.15, -0.1) is 0 Å². The Kier molecular flexibility index (Phi) is 36.3. The van der Waals surface area contributed by atoms with Gasteiger partial charge in [-0.25, -0.2) is 0 Å². The molecule has 0 rings (SSSR count). The van der Waals surface area contributed by atoms with Crippen molar-refractivity contribution < 1.29 is 28.6 Å². The number of rotatable bonds is 33. The fraction of sp³-hybridized carbons (Fsp3) is 0.578. The summed E-state index contributed by atoms with van der Waals surface area (Å²) < 4.78 is 16.4. The highest BCUT2D eigenvalue weighted by Gasteiger charge is 2.19. The molecule has 286 valence electrons. The molecule has 0 aliphatic heterocycles. The van der Waals surface area contributed by atoms with Crippen LogP contribution in [0.1, 0.15) is 149 Å². The normalized spacial score (nSPS) is 13.1. The third kappa shape index (κ3) is 37.4. The average molecular weight is 707 g/mol. The molecular weight excluding hydrogens is 636 g/mol. The highest BCUT2D eigenvalue weighted by molar-refractivity contribution is 5.72. The molecule has 0 N–H and O–H groups in total. The van der Waals surface area contributed by atoms with Gasteiger partial charge < -0.3 is 14.2 Å². The van der Waals surface area contributed by atoms with Crippen molar-refractivity contribution in [2.24, 2.45) is 0 Å². The van der Waals surface area contributed by atoms with Crippen molar-refractivity contribution in [1.29, 1.82) is 0 Å². The lowest BCUT2D eigenvalue weighted by atomic mass is 10.1. The third-order valence-corrected chi connectivity index (χ3v) is 7.66. The molecule has 1 atom stereocenters. The van der Waals surface area contributed by atoms with Crippen LogP contribution in [0.25, 0.3) is 0 Å². The largest absolute Gasteiger partial charge is 0.462 e. The van der Waals surface area contributed by atoms with Crippen LogP contribution in [0.15, 0.2) is 97.2 Å². The average Bonchev–Trinajstić information content (AvgIpc) is 3.12. The second-order valence-corrected chi connectivity index (χ2v) is 12.5. The Morgan fingerprint density at radius 1 is 0.431 bits per heavy atom. The smallest absolute Gasteiger partial charge is 0.310 e. The third-order valence-electron chi connectivity index (χ3n) is 7.66. The summed E-state index contributed by atoms with van der Waals surface area (Å²) in [6.07, 6.45) is 50.1. The summed E-state index contributed by atoms with van der Waals surface area (Å²) >= 11 is 0. The quantitative estimate of drug-likeness (QED) is 0.0222. The molecule has 0 bridgehead atoms. The molecule has 0 aliphatic carbocycles. The number of allylic oxidation sites excluding steroid dienone is 15. The fourth-order valence-electron chi connectivity index (χ4n) is 4.77. The monoisotopic (exact) mass is 707 g/mol. The van der Waals surface area contributed by atoms with Crippen LogP contribution >= 0.6 is 0 Å². The number of esters is 3. The van der Waals surface area contributed by atoms with Crippen LogP contribution in [0, 0.1) is 0 Å². The molecule has 0 aliphatic rings. The summed E-state index contributed by atoms with van der Waals surface area (Å²) in [6, 6.07) is 0. The van der Waals surface area contributed by atoms with Gasteiger partial charge in [-0.2, -0.15) is 0 Å². The van der Waals surface area contributed by atoms with Crippen molar-refractivity contribution in [2.45, 2.75) is 155 Å². The highest BCUT2D eigenvalue weighted by Crippen LogP contribution is 2.11. The molecular formula is C45H70O6. The molecule has 0 aromatic heterocycles. The van der Waals surface area contributed by atoms with Crippen LogP contribution in [-0.2, 0) is 28.6 Å². The predicted octanol–water partition coefficient (Wildman–Crippen LogP) is 12.3. The first kappa shape index (κ1) is 47.3. The van der Waals surface area contributed by atoms with Crippen LogP contribution in [0.4, 0.5) is 0 Å². The van der Waals surface area contributed by atoms with E-state index in [-0.39, 0.29) is 31.6 Å². The van der Waals surface area contributed by atoms with E-state index >= 15 is 0 Å². The molecule has 51 heavy (non-hydrogen) atoms. The SMILES string of the molecule is CC\C=C/C=C\C=C/CCCCCCCCCC(=O)OCC(COC(=O)CCCC/C=C\C/C=C\CC)OC(=O)C/C=C\C/C=C\C/C=C\CC. The molecule has 0 aromatic carbocycles. The van der Waals surface area contributed by atoms with E-state index in [1.807, 2.05) is 6.08 Å². The fourth-order valence-corrected chi connectivity index (χ4v) is 4.77. The van der Waals surface area contributed by atoms with Gasteiger partial charge in [0.15, 0.2) is 6.10 Å². The standard InChI is InChI=1S/C45H70O6/c1-4-7-10-13-16-19-20-21-22-23-24-27-29-32-35-38-44(47)50-41-42(51-45(48)39-36-33-30-26-18-15-12-9-6-3)40-49-43(46)37-34-31-28-25-17-14-11-8-5-2/h7-13,16-20,25-26,33,36,42H,4-6,14-15,21-24,27-32,34-35,37-41H2,1-3H3/b10-7-,11-8-,12-9-,16-13-,20-19-,25-17-,26-18-,36-33-. The zero-order chi connectivity index (χ0) is 37.3. The first-order chi connectivity index (χ1) is 25.0. The number of carbonyl (C=O) groups excluding carboxylic acids is 3. The van der Waals surface area contributed by atoms with Crippen molar-refractivity contribution in [3.8, 4) is 0 Å². The van der Waals surface area contributed by atoms with Gasteiger partial charge >= 0.3 is 17.9 Å². The number of unbranched alkanes of at least 4 members (excludes halogenated alkanes) is 9. The number of hydrogen-bond acceptors (Lipinski definition) is 6. The van der Waals surface area contributed by atoms with E-state index in [9.17, 15) is 14.4 Å². The lowest BCUT2D eigenvalue weighted by molar-refractivity contribution is -0.166. The summed E-state index contributed by atoms with van der Waals surface area (Å²) in [6.45, 7) is 6.08. The molecule has 1 unspecified atom stereocenters. The maximum Gasteiger partial charge on any atom is 0.310 e. The molecule has 0 heterocycles. The predicted molar refractivity (Wildman–Crippen MR) is 214 cm³/mol. The van der Waals surface area contributed by atoms with E-state index in [0.29, 0.717) is 19.3 Å². The van der Waals surface area contributed by atoms with Gasteiger partial charge in [0, 0.05) is 12.8 Å². The molecule has 0 spiro atoms. The van der Waals surface area contributed by atoms with Gasteiger partial charge in [-0.1, -0.05) is 150 Å². The minimum absolute atomic E-state index is 0.0920. The van der Waals surface area contributed by atoms with E-state index in [1.165, 1.54) is 19.3 Å². The van der Waals surface area contributed by atoms with Crippen molar-refractivity contribution in [1.82, 2.24) is 0 Å². The second-order valence-electron chi connectivity index (χ2n) is 12.5. The molecule has 0 amide bonds. The van der Waals surface area contributed by atoms with Gasteiger partial charge in [-0.05, 0) is 77.0 Å². The Bertz CT molecular complexity index is 1090. The van der Waals surface area contributed by atoms with Crippen molar-refractivity contribution in [3.63, 3.8) is 0 Å². The van der Waals surface area contributed by atoms with Gasteiger partial charge in [0.2, 0.25) is 0 Å². The van der Waals surface area contributed by atoms with E-state index in [1.54, 1.807) is 6.08 Å². The van der Waals surface area contributed by atoms with Gasteiger partial charge in [0.1, 0.15) is 13.2 Å². The van der Waals surface area contributed by atoms with Crippen molar-refractivity contribution >= 4 is 17.9 Å². The minimum Gasteiger partial charge on any atom is -0.462 e. The molecule has 0 radical (unpaired) electrons.